The van der Waals surface area contributed by atoms with Crippen molar-refractivity contribution >= 4 is 27.3 Å². The highest BCUT2D eigenvalue weighted by molar-refractivity contribution is 7.92. The van der Waals surface area contributed by atoms with Crippen LogP contribution in [0, 0.1) is 13.8 Å². The van der Waals surface area contributed by atoms with Crippen molar-refractivity contribution in [3.05, 3.63) is 83.4 Å². The molecule has 156 valence electrons. The summed E-state index contributed by atoms with van der Waals surface area (Å²) < 4.78 is 33.0. The number of nitrogens with one attached hydrogen (secondary N) is 2. The van der Waals surface area contributed by atoms with Crippen LogP contribution in [0.5, 0.6) is 5.75 Å². The summed E-state index contributed by atoms with van der Waals surface area (Å²) in [4.78, 5) is 12.5. The van der Waals surface area contributed by atoms with Crippen LogP contribution in [0.15, 0.2) is 71.6 Å². The van der Waals surface area contributed by atoms with Gasteiger partial charge >= 0.3 is 0 Å². The number of anilines is 2. The number of sulfonamides is 1. The summed E-state index contributed by atoms with van der Waals surface area (Å²) in [5.41, 5.74) is 3.65. The minimum Gasteiger partial charge on any atom is -0.497 e. The van der Waals surface area contributed by atoms with Gasteiger partial charge in [-0.15, -0.1) is 0 Å². The van der Waals surface area contributed by atoms with Gasteiger partial charge in [0.25, 0.3) is 10.0 Å². The molecule has 0 saturated heterocycles. The third-order valence-electron chi connectivity index (χ3n) is 4.71. The van der Waals surface area contributed by atoms with Gasteiger partial charge in [0.2, 0.25) is 5.91 Å². The first kappa shape index (κ1) is 21.4. The number of methoxy groups -OCH3 is 1. The Balaban J connectivity index is 1.69. The highest BCUT2D eigenvalue weighted by Crippen LogP contribution is 2.21. The predicted octanol–water partition coefficient (Wildman–Crippen LogP) is 4.29. The van der Waals surface area contributed by atoms with E-state index in [1.807, 2.05) is 26.0 Å². The number of aryl methyl sites for hydroxylation is 2. The molecule has 0 radical (unpaired) electrons. The number of rotatable bonds is 7. The van der Waals surface area contributed by atoms with Gasteiger partial charge in [0.15, 0.2) is 0 Å². The normalized spacial score (nSPS) is 11.0. The number of carbonyl (C=O) groups excluding carboxylic acids is 1. The molecule has 0 aliphatic rings. The van der Waals surface area contributed by atoms with Crippen molar-refractivity contribution in [2.45, 2.75) is 25.2 Å². The van der Waals surface area contributed by atoms with E-state index in [1.54, 1.807) is 61.7 Å². The molecule has 1 amide bonds. The molecular weight excluding hydrogens is 400 g/mol. The minimum absolute atomic E-state index is 0.194. The third-order valence-corrected chi connectivity index (χ3v) is 6.09. The van der Waals surface area contributed by atoms with E-state index in [0.717, 1.165) is 22.4 Å². The van der Waals surface area contributed by atoms with E-state index in [9.17, 15) is 13.2 Å². The predicted molar refractivity (Wildman–Crippen MR) is 118 cm³/mol. The van der Waals surface area contributed by atoms with Crippen LogP contribution >= 0.6 is 0 Å². The number of carbonyl (C=O) groups is 1. The maximum Gasteiger partial charge on any atom is 0.261 e. The van der Waals surface area contributed by atoms with Gasteiger partial charge in [-0.1, -0.05) is 24.3 Å². The molecule has 0 unspecified atom stereocenters. The molecule has 0 aliphatic heterocycles. The van der Waals surface area contributed by atoms with Gasteiger partial charge < -0.3 is 10.1 Å². The molecular formula is C23H24N2O4S. The zero-order chi connectivity index (χ0) is 21.7. The number of amides is 1. The van der Waals surface area contributed by atoms with Crippen LogP contribution in [0.4, 0.5) is 11.4 Å². The van der Waals surface area contributed by atoms with Crippen LogP contribution in [0.3, 0.4) is 0 Å². The smallest absolute Gasteiger partial charge is 0.261 e. The minimum atomic E-state index is -3.73. The summed E-state index contributed by atoms with van der Waals surface area (Å²) in [5.74, 6) is 0.525. The van der Waals surface area contributed by atoms with Gasteiger partial charge in [-0.3, -0.25) is 9.52 Å². The van der Waals surface area contributed by atoms with E-state index >= 15 is 0 Å². The fourth-order valence-corrected chi connectivity index (χ4v) is 4.02. The van der Waals surface area contributed by atoms with Crippen LogP contribution in [0.1, 0.15) is 16.7 Å². The van der Waals surface area contributed by atoms with Crippen molar-refractivity contribution in [3.63, 3.8) is 0 Å². The first-order chi connectivity index (χ1) is 14.3. The van der Waals surface area contributed by atoms with Crippen molar-refractivity contribution in [1.82, 2.24) is 0 Å². The molecule has 3 aromatic carbocycles. The Bertz CT molecular complexity index is 1160. The second kappa shape index (κ2) is 9.00. The lowest BCUT2D eigenvalue weighted by Crippen LogP contribution is -2.16. The molecule has 0 aromatic heterocycles. The second-order valence-corrected chi connectivity index (χ2v) is 8.69. The van der Waals surface area contributed by atoms with E-state index in [2.05, 4.69) is 10.0 Å². The van der Waals surface area contributed by atoms with Gasteiger partial charge in [0.05, 0.1) is 24.1 Å². The van der Waals surface area contributed by atoms with Gasteiger partial charge in [-0.2, -0.15) is 0 Å². The van der Waals surface area contributed by atoms with Crippen molar-refractivity contribution in [2.24, 2.45) is 0 Å². The lowest BCUT2D eigenvalue weighted by Gasteiger charge is -2.11. The fraction of sp³-hybridized carbons (Fsp3) is 0.174. The molecule has 0 atom stereocenters. The van der Waals surface area contributed by atoms with E-state index in [0.29, 0.717) is 11.4 Å². The summed E-state index contributed by atoms with van der Waals surface area (Å²) in [5, 5.41) is 2.80. The van der Waals surface area contributed by atoms with Crippen molar-refractivity contribution < 1.29 is 17.9 Å². The second-order valence-electron chi connectivity index (χ2n) is 7.01. The molecule has 3 aromatic rings. The average Bonchev–Trinajstić information content (AvgIpc) is 2.70. The maximum atomic E-state index is 12.7. The molecule has 7 heteroatoms. The van der Waals surface area contributed by atoms with Crippen LogP contribution < -0.4 is 14.8 Å². The third kappa shape index (κ3) is 5.39. The molecule has 30 heavy (non-hydrogen) atoms. The highest BCUT2D eigenvalue weighted by atomic mass is 32.2. The number of hydrogen-bond donors (Lipinski definition) is 2. The molecule has 0 spiro atoms. The zero-order valence-corrected chi connectivity index (χ0v) is 17.9. The summed E-state index contributed by atoms with van der Waals surface area (Å²) in [6, 6.07) is 18.8. The largest absolute Gasteiger partial charge is 0.497 e. The van der Waals surface area contributed by atoms with E-state index in [4.69, 9.17) is 4.74 Å². The number of hydrogen-bond acceptors (Lipinski definition) is 4. The maximum absolute atomic E-state index is 12.7. The zero-order valence-electron chi connectivity index (χ0n) is 17.1. The highest BCUT2D eigenvalue weighted by Gasteiger charge is 2.15. The Morgan fingerprint density at radius 2 is 1.60 bits per heavy atom. The fourth-order valence-electron chi connectivity index (χ4n) is 2.89. The summed E-state index contributed by atoms with van der Waals surface area (Å²) in [6.07, 6.45) is 0.197. The lowest BCUT2D eigenvalue weighted by atomic mass is 10.1. The summed E-state index contributed by atoms with van der Waals surface area (Å²) in [7, 11) is -2.14. The molecule has 6 nitrogen and oxygen atoms in total. The molecule has 2 N–H and O–H groups in total. The quantitative estimate of drug-likeness (QED) is 0.592. The van der Waals surface area contributed by atoms with Gasteiger partial charge in [0, 0.05) is 5.69 Å². The Labute approximate surface area is 177 Å². The molecule has 0 saturated carbocycles. The topological polar surface area (TPSA) is 84.5 Å². The van der Waals surface area contributed by atoms with Crippen LogP contribution in [0.2, 0.25) is 0 Å². The van der Waals surface area contributed by atoms with E-state index in [1.165, 1.54) is 0 Å². The standard InChI is InChI=1S/C23H24N2O4S/c1-16-7-12-22(13-17(16)2)30(27,28)25-20-6-4-5-19(15-20)24-23(26)14-18-8-10-21(29-3)11-9-18/h4-13,15,25H,14H2,1-3H3,(H,24,26). The Kier molecular flexibility index (Phi) is 6.42. The van der Waals surface area contributed by atoms with Crippen LogP contribution in [0.25, 0.3) is 0 Å². The Morgan fingerprint density at radius 3 is 2.27 bits per heavy atom. The van der Waals surface area contributed by atoms with E-state index in [-0.39, 0.29) is 17.2 Å². The lowest BCUT2D eigenvalue weighted by molar-refractivity contribution is -0.115. The van der Waals surface area contributed by atoms with Crippen molar-refractivity contribution in [1.29, 1.82) is 0 Å². The Hall–Kier alpha value is -3.32. The van der Waals surface area contributed by atoms with E-state index < -0.39 is 10.0 Å². The van der Waals surface area contributed by atoms with Crippen molar-refractivity contribution in [2.75, 3.05) is 17.1 Å². The summed E-state index contributed by atoms with van der Waals surface area (Å²) in [6.45, 7) is 3.80. The first-order valence-electron chi connectivity index (χ1n) is 9.40. The van der Waals surface area contributed by atoms with Crippen LogP contribution in [-0.2, 0) is 21.2 Å². The van der Waals surface area contributed by atoms with Crippen molar-refractivity contribution in [3.8, 4) is 5.75 Å². The van der Waals surface area contributed by atoms with Gasteiger partial charge in [0.1, 0.15) is 5.75 Å². The number of ether oxygens (including phenoxy) is 1. The molecule has 0 heterocycles. The SMILES string of the molecule is COc1ccc(CC(=O)Nc2cccc(NS(=O)(=O)c3ccc(C)c(C)c3)c2)cc1. The molecule has 0 fully saturated rings. The summed E-state index contributed by atoms with van der Waals surface area (Å²) >= 11 is 0. The first-order valence-corrected chi connectivity index (χ1v) is 10.9. The molecule has 0 bridgehead atoms. The van der Waals surface area contributed by atoms with Gasteiger partial charge in [-0.25, -0.2) is 8.42 Å². The Morgan fingerprint density at radius 1 is 0.900 bits per heavy atom. The van der Waals surface area contributed by atoms with Crippen LogP contribution in [-0.4, -0.2) is 21.4 Å². The number of benzene rings is 3. The molecule has 0 aliphatic carbocycles. The van der Waals surface area contributed by atoms with Gasteiger partial charge in [-0.05, 0) is 73.0 Å². The average molecular weight is 425 g/mol. The molecule has 3 rings (SSSR count). The monoisotopic (exact) mass is 424 g/mol.